The highest BCUT2D eigenvalue weighted by Crippen LogP contribution is 2.30. The minimum Gasteiger partial charge on any atom is -0.405 e. The zero-order chi connectivity index (χ0) is 10.8. The van der Waals surface area contributed by atoms with Gasteiger partial charge in [-0.25, -0.2) is 0 Å². The molecular formula is C8H6BrF3O2. The summed E-state index contributed by atoms with van der Waals surface area (Å²) in [6.45, 7) is -0.521. The van der Waals surface area contributed by atoms with Gasteiger partial charge >= 0.3 is 6.36 Å². The van der Waals surface area contributed by atoms with E-state index in [0.717, 1.165) is 6.07 Å². The van der Waals surface area contributed by atoms with E-state index in [1.165, 1.54) is 12.1 Å². The number of aliphatic hydroxyl groups excluding tert-OH is 1. The quantitative estimate of drug-likeness (QED) is 0.896. The average molecular weight is 271 g/mol. The van der Waals surface area contributed by atoms with Gasteiger partial charge in [-0.05, 0) is 12.1 Å². The molecule has 0 bridgehead atoms. The first-order valence-electron chi connectivity index (χ1n) is 3.58. The van der Waals surface area contributed by atoms with Crippen molar-refractivity contribution in [3.63, 3.8) is 0 Å². The summed E-state index contributed by atoms with van der Waals surface area (Å²) in [5, 5.41) is 8.82. The molecule has 1 aromatic carbocycles. The Bertz CT molecular complexity index is 325. The van der Waals surface area contributed by atoms with Gasteiger partial charge in [-0.2, -0.15) is 0 Å². The first kappa shape index (κ1) is 11.3. The van der Waals surface area contributed by atoms with E-state index in [0.29, 0.717) is 4.47 Å². The van der Waals surface area contributed by atoms with Crippen LogP contribution in [0.5, 0.6) is 5.75 Å². The van der Waals surface area contributed by atoms with Gasteiger partial charge in [0, 0.05) is 10.0 Å². The summed E-state index contributed by atoms with van der Waals surface area (Å²) in [6, 6.07) is 4.06. The molecule has 1 N–H and O–H groups in total. The molecule has 0 spiro atoms. The molecule has 0 aliphatic heterocycles. The summed E-state index contributed by atoms with van der Waals surface area (Å²) in [5.41, 5.74) is 0.0739. The third kappa shape index (κ3) is 2.88. The van der Waals surface area contributed by atoms with Gasteiger partial charge in [0.15, 0.2) is 0 Å². The van der Waals surface area contributed by atoms with Crippen LogP contribution >= 0.6 is 15.9 Å². The lowest BCUT2D eigenvalue weighted by atomic mass is 10.2. The van der Waals surface area contributed by atoms with Gasteiger partial charge in [0.2, 0.25) is 0 Å². The highest BCUT2D eigenvalue weighted by atomic mass is 79.9. The van der Waals surface area contributed by atoms with E-state index in [2.05, 4.69) is 20.7 Å². The predicted molar refractivity (Wildman–Crippen MR) is 46.7 cm³/mol. The van der Waals surface area contributed by atoms with E-state index in [1.807, 2.05) is 0 Å². The monoisotopic (exact) mass is 270 g/mol. The lowest BCUT2D eigenvalue weighted by Crippen LogP contribution is -2.18. The minimum absolute atomic E-state index is 0.0739. The molecule has 0 aliphatic carbocycles. The highest BCUT2D eigenvalue weighted by Gasteiger charge is 2.32. The van der Waals surface area contributed by atoms with Crippen LogP contribution in [0.25, 0.3) is 0 Å². The molecular weight excluding hydrogens is 265 g/mol. The molecule has 6 heteroatoms. The second kappa shape index (κ2) is 4.18. The molecule has 0 atom stereocenters. The standard InChI is InChI=1S/C8H6BrF3O2/c9-6-2-1-3-7(5(6)4-13)14-8(10,11)12/h1-3,13H,4H2. The summed E-state index contributed by atoms with van der Waals surface area (Å²) >= 11 is 3.01. The van der Waals surface area contributed by atoms with Crippen molar-refractivity contribution in [2.75, 3.05) is 0 Å². The molecule has 0 heterocycles. The van der Waals surface area contributed by atoms with Crippen molar-refractivity contribution < 1.29 is 23.0 Å². The van der Waals surface area contributed by atoms with Crippen molar-refractivity contribution >= 4 is 15.9 Å². The molecule has 2 nitrogen and oxygen atoms in total. The molecule has 1 aromatic rings. The van der Waals surface area contributed by atoms with Crippen LogP contribution in [0, 0.1) is 0 Å². The normalized spacial score (nSPS) is 11.5. The fourth-order valence-electron chi connectivity index (χ4n) is 0.913. The van der Waals surface area contributed by atoms with Gasteiger partial charge in [0.05, 0.1) is 6.61 Å². The zero-order valence-corrected chi connectivity index (χ0v) is 8.39. The van der Waals surface area contributed by atoms with Crippen LogP contribution in [0.2, 0.25) is 0 Å². The molecule has 14 heavy (non-hydrogen) atoms. The lowest BCUT2D eigenvalue weighted by molar-refractivity contribution is -0.275. The predicted octanol–water partition coefficient (Wildman–Crippen LogP) is 2.84. The van der Waals surface area contributed by atoms with E-state index in [-0.39, 0.29) is 5.56 Å². The van der Waals surface area contributed by atoms with Crippen LogP contribution in [-0.2, 0) is 6.61 Å². The van der Waals surface area contributed by atoms with E-state index in [1.54, 1.807) is 0 Å². The second-order valence-electron chi connectivity index (χ2n) is 2.42. The van der Waals surface area contributed by atoms with Gasteiger partial charge in [-0.1, -0.05) is 22.0 Å². The van der Waals surface area contributed by atoms with Crippen LogP contribution in [0.4, 0.5) is 13.2 Å². The Kier molecular flexibility index (Phi) is 3.38. The molecule has 0 aromatic heterocycles. The molecule has 0 amide bonds. The minimum atomic E-state index is -4.75. The van der Waals surface area contributed by atoms with Crippen LogP contribution in [0.1, 0.15) is 5.56 Å². The Labute approximate surface area is 86.4 Å². The molecule has 0 aliphatic rings. The Balaban J connectivity index is 3.02. The maximum atomic E-state index is 11.9. The number of hydrogen-bond donors (Lipinski definition) is 1. The summed E-state index contributed by atoms with van der Waals surface area (Å²) in [7, 11) is 0. The fourth-order valence-corrected chi connectivity index (χ4v) is 1.39. The van der Waals surface area contributed by atoms with Crippen molar-refractivity contribution in [2.24, 2.45) is 0 Å². The van der Waals surface area contributed by atoms with Crippen molar-refractivity contribution in [1.82, 2.24) is 0 Å². The van der Waals surface area contributed by atoms with Gasteiger partial charge in [-0.3, -0.25) is 0 Å². The SMILES string of the molecule is OCc1c(Br)cccc1OC(F)(F)F. The number of ether oxygens (including phenoxy) is 1. The molecule has 0 saturated heterocycles. The maximum Gasteiger partial charge on any atom is 0.573 e. The van der Waals surface area contributed by atoms with E-state index < -0.39 is 18.7 Å². The van der Waals surface area contributed by atoms with E-state index >= 15 is 0 Å². The van der Waals surface area contributed by atoms with E-state index in [9.17, 15) is 13.2 Å². The largest absolute Gasteiger partial charge is 0.573 e. The fraction of sp³-hybridized carbons (Fsp3) is 0.250. The van der Waals surface area contributed by atoms with Crippen molar-refractivity contribution in [3.05, 3.63) is 28.2 Å². The molecule has 0 fully saturated rings. The average Bonchev–Trinajstić information content (AvgIpc) is 2.01. The number of benzene rings is 1. The molecule has 0 unspecified atom stereocenters. The molecule has 0 saturated carbocycles. The van der Waals surface area contributed by atoms with Crippen molar-refractivity contribution in [1.29, 1.82) is 0 Å². The van der Waals surface area contributed by atoms with E-state index in [4.69, 9.17) is 5.11 Å². The zero-order valence-electron chi connectivity index (χ0n) is 6.81. The van der Waals surface area contributed by atoms with Gasteiger partial charge in [-0.15, -0.1) is 13.2 Å². The number of halogens is 4. The maximum absolute atomic E-state index is 11.9. The third-order valence-electron chi connectivity index (χ3n) is 1.46. The Hall–Kier alpha value is -0.750. The molecule has 1 rings (SSSR count). The number of alkyl halides is 3. The third-order valence-corrected chi connectivity index (χ3v) is 2.20. The highest BCUT2D eigenvalue weighted by molar-refractivity contribution is 9.10. The van der Waals surface area contributed by atoms with Gasteiger partial charge in [0.1, 0.15) is 5.75 Å². The summed E-state index contributed by atoms with van der Waals surface area (Å²) in [5.74, 6) is -0.394. The number of rotatable bonds is 2. The molecule has 78 valence electrons. The van der Waals surface area contributed by atoms with Crippen molar-refractivity contribution in [3.8, 4) is 5.75 Å². The Morgan fingerprint density at radius 3 is 2.50 bits per heavy atom. The number of aliphatic hydroxyl groups is 1. The summed E-state index contributed by atoms with van der Waals surface area (Å²) in [4.78, 5) is 0. The van der Waals surface area contributed by atoms with Crippen LogP contribution in [0.3, 0.4) is 0 Å². The van der Waals surface area contributed by atoms with Crippen molar-refractivity contribution in [2.45, 2.75) is 13.0 Å². The molecule has 0 radical (unpaired) electrons. The Morgan fingerprint density at radius 1 is 1.36 bits per heavy atom. The second-order valence-corrected chi connectivity index (χ2v) is 3.28. The van der Waals surface area contributed by atoms with Crippen LogP contribution in [-0.4, -0.2) is 11.5 Å². The topological polar surface area (TPSA) is 29.5 Å². The van der Waals surface area contributed by atoms with Crippen LogP contribution < -0.4 is 4.74 Å². The first-order valence-corrected chi connectivity index (χ1v) is 4.37. The smallest absolute Gasteiger partial charge is 0.405 e. The summed E-state index contributed by atoms with van der Waals surface area (Å²) < 4.78 is 39.7. The first-order chi connectivity index (χ1) is 6.44. The van der Waals surface area contributed by atoms with Gasteiger partial charge < -0.3 is 9.84 Å². The lowest BCUT2D eigenvalue weighted by Gasteiger charge is -2.12. The van der Waals surface area contributed by atoms with Crippen LogP contribution in [0.15, 0.2) is 22.7 Å². The van der Waals surface area contributed by atoms with Gasteiger partial charge in [0.25, 0.3) is 0 Å². The summed E-state index contributed by atoms with van der Waals surface area (Å²) in [6.07, 6.45) is -4.75. The Morgan fingerprint density at radius 2 is 2.00 bits per heavy atom. The number of hydrogen-bond acceptors (Lipinski definition) is 2.